The number of carbonyl (C=O) groups excluding carboxylic acids is 2. The number of hydrogen-bond donors (Lipinski definition) is 1. The lowest BCUT2D eigenvalue weighted by atomic mass is 9.92. The molecule has 34 heavy (non-hydrogen) atoms. The fourth-order valence-corrected chi connectivity index (χ4v) is 5.26. The molecule has 0 saturated carbocycles. The highest BCUT2D eigenvalue weighted by molar-refractivity contribution is 5.95. The molecule has 0 aliphatic carbocycles. The molecule has 6 heteroatoms. The number of carbonyl (C=O) groups is 2. The molecule has 2 aromatic rings. The molecule has 3 atom stereocenters. The van der Waals surface area contributed by atoms with Crippen LogP contribution in [0.1, 0.15) is 54.2 Å². The molecule has 1 amide bonds. The SMILES string of the molecule is C=CCN1C[C@H](C)N([C@@H](c2cccc(O)c2)c2cccc(C(=O)N3CCC(=O)CC3)c2)CC1C. The number of amides is 1. The maximum absolute atomic E-state index is 13.2. The number of aromatic hydroxyl groups is 1. The number of piperidine rings is 1. The van der Waals surface area contributed by atoms with E-state index in [4.69, 9.17) is 0 Å². The van der Waals surface area contributed by atoms with Gasteiger partial charge in [0, 0.05) is 63.2 Å². The first-order valence-corrected chi connectivity index (χ1v) is 12.2. The number of rotatable bonds is 6. The van der Waals surface area contributed by atoms with Crippen molar-refractivity contribution in [1.82, 2.24) is 14.7 Å². The summed E-state index contributed by atoms with van der Waals surface area (Å²) in [6.07, 6.45) is 2.82. The zero-order chi connectivity index (χ0) is 24.2. The number of likely N-dealkylation sites (tertiary alicyclic amines) is 1. The molecule has 0 radical (unpaired) electrons. The second kappa shape index (κ2) is 10.5. The molecular formula is C28H35N3O3. The third-order valence-corrected chi connectivity index (χ3v) is 7.10. The summed E-state index contributed by atoms with van der Waals surface area (Å²) in [6, 6.07) is 15.8. The van der Waals surface area contributed by atoms with Gasteiger partial charge >= 0.3 is 0 Å². The molecular weight excluding hydrogens is 426 g/mol. The van der Waals surface area contributed by atoms with Crippen molar-refractivity contribution in [3.8, 4) is 5.75 Å². The van der Waals surface area contributed by atoms with Crippen LogP contribution < -0.4 is 0 Å². The number of ketones is 1. The van der Waals surface area contributed by atoms with Gasteiger partial charge in [-0.2, -0.15) is 0 Å². The molecule has 2 aromatic carbocycles. The van der Waals surface area contributed by atoms with Gasteiger partial charge in [0.25, 0.3) is 5.91 Å². The number of hydrogen-bond acceptors (Lipinski definition) is 5. The Hall–Kier alpha value is -2.96. The van der Waals surface area contributed by atoms with E-state index in [0.29, 0.717) is 37.5 Å². The largest absolute Gasteiger partial charge is 0.508 e. The minimum Gasteiger partial charge on any atom is -0.508 e. The Kier molecular flexibility index (Phi) is 7.49. The number of benzene rings is 2. The second-order valence-corrected chi connectivity index (χ2v) is 9.59. The fourth-order valence-electron chi connectivity index (χ4n) is 5.26. The van der Waals surface area contributed by atoms with E-state index in [0.717, 1.165) is 30.8 Å². The summed E-state index contributed by atoms with van der Waals surface area (Å²) in [5, 5.41) is 10.2. The normalized spacial score (nSPS) is 23.0. The lowest BCUT2D eigenvalue weighted by Crippen LogP contribution is -2.57. The number of piperazine rings is 1. The van der Waals surface area contributed by atoms with Crippen LogP contribution in [-0.2, 0) is 4.79 Å². The van der Waals surface area contributed by atoms with Gasteiger partial charge in [-0.1, -0.05) is 30.3 Å². The van der Waals surface area contributed by atoms with Crippen LogP contribution in [-0.4, -0.2) is 76.3 Å². The van der Waals surface area contributed by atoms with Crippen molar-refractivity contribution in [2.75, 3.05) is 32.7 Å². The van der Waals surface area contributed by atoms with E-state index in [2.05, 4.69) is 36.3 Å². The number of phenolic OH excluding ortho intramolecular Hbond substituents is 1. The Bertz CT molecular complexity index is 1040. The molecule has 1 N–H and O–H groups in total. The predicted molar refractivity (Wildman–Crippen MR) is 134 cm³/mol. The van der Waals surface area contributed by atoms with Crippen LogP contribution >= 0.6 is 0 Å². The molecule has 0 bridgehead atoms. The summed E-state index contributed by atoms with van der Waals surface area (Å²) in [5.41, 5.74) is 2.67. The van der Waals surface area contributed by atoms with Gasteiger partial charge in [-0.05, 0) is 49.2 Å². The average molecular weight is 462 g/mol. The lowest BCUT2D eigenvalue weighted by molar-refractivity contribution is -0.120. The number of Topliss-reactive ketones (excluding diaryl/α,β-unsaturated/α-hetero) is 1. The van der Waals surface area contributed by atoms with E-state index in [1.807, 2.05) is 42.5 Å². The summed E-state index contributed by atoms with van der Waals surface area (Å²) in [6.45, 7) is 12.0. The Balaban J connectivity index is 1.68. The zero-order valence-electron chi connectivity index (χ0n) is 20.2. The monoisotopic (exact) mass is 461 g/mol. The van der Waals surface area contributed by atoms with Crippen LogP contribution in [0.3, 0.4) is 0 Å². The Morgan fingerprint density at radius 1 is 1.06 bits per heavy atom. The molecule has 0 aromatic heterocycles. The first-order chi connectivity index (χ1) is 16.4. The first-order valence-electron chi connectivity index (χ1n) is 12.2. The van der Waals surface area contributed by atoms with E-state index in [1.54, 1.807) is 11.0 Å². The van der Waals surface area contributed by atoms with Crippen molar-refractivity contribution in [2.24, 2.45) is 0 Å². The smallest absolute Gasteiger partial charge is 0.253 e. The van der Waals surface area contributed by atoms with Gasteiger partial charge in [-0.25, -0.2) is 0 Å². The second-order valence-electron chi connectivity index (χ2n) is 9.59. The molecule has 1 unspecified atom stereocenters. The van der Waals surface area contributed by atoms with Gasteiger partial charge in [0.1, 0.15) is 11.5 Å². The van der Waals surface area contributed by atoms with E-state index in [-0.39, 0.29) is 29.5 Å². The van der Waals surface area contributed by atoms with Crippen LogP contribution in [0.5, 0.6) is 5.75 Å². The third-order valence-electron chi connectivity index (χ3n) is 7.10. The highest BCUT2D eigenvalue weighted by Crippen LogP contribution is 2.35. The lowest BCUT2D eigenvalue weighted by Gasteiger charge is -2.47. The quantitative estimate of drug-likeness (QED) is 0.662. The zero-order valence-corrected chi connectivity index (χ0v) is 20.2. The minimum absolute atomic E-state index is 0.0266. The summed E-state index contributed by atoms with van der Waals surface area (Å²) < 4.78 is 0. The van der Waals surface area contributed by atoms with Gasteiger partial charge in [-0.3, -0.25) is 19.4 Å². The molecule has 2 saturated heterocycles. The van der Waals surface area contributed by atoms with Crippen molar-refractivity contribution >= 4 is 11.7 Å². The van der Waals surface area contributed by atoms with Crippen molar-refractivity contribution in [3.63, 3.8) is 0 Å². The van der Waals surface area contributed by atoms with E-state index in [9.17, 15) is 14.7 Å². The van der Waals surface area contributed by atoms with Crippen LogP contribution in [0.25, 0.3) is 0 Å². The molecule has 4 rings (SSSR count). The molecule has 2 aliphatic heterocycles. The van der Waals surface area contributed by atoms with Crippen LogP contribution in [0.2, 0.25) is 0 Å². The Labute approximate surface area is 202 Å². The summed E-state index contributed by atoms with van der Waals surface area (Å²) in [7, 11) is 0. The Morgan fingerprint density at radius 2 is 1.74 bits per heavy atom. The van der Waals surface area contributed by atoms with Crippen LogP contribution in [0.4, 0.5) is 0 Å². The van der Waals surface area contributed by atoms with Crippen molar-refractivity contribution in [2.45, 2.75) is 44.8 Å². The highest BCUT2D eigenvalue weighted by atomic mass is 16.3. The maximum atomic E-state index is 13.2. The molecule has 180 valence electrons. The highest BCUT2D eigenvalue weighted by Gasteiger charge is 2.35. The molecule has 2 aliphatic rings. The molecule has 0 spiro atoms. The first kappa shape index (κ1) is 24.2. The fraction of sp³-hybridized carbons (Fsp3) is 0.429. The maximum Gasteiger partial charge on any atom is 0.253 e. The topological polar surface area (TPSA) is 64.1 Å². The predicted octanol–water partition coefficient (Wildman–Crippen LogP) is 3.87. The van der Waals surface area contributed by atoms with Gasteiger partial charge in [0.15, 0.2) is 0 Å². The summed E-state index contributed by atoms with van der Waals surface area (Å²) in [4.78, 5) is 31.5. The standard InChI is InChI=1S/C28H35N3O3/c1-4-13-30-18-21(3)31(19-20(30)2)27(23-8-6-10-26(33)17-23)22-7-5-9-24(16-22)28(34)29-14-11-25(32)12-15-29/h4-10,16-17,20-21,27,33H,1,11-15,18-19H2,2-3H3/t20?,21-,27+/m0/s1. The van der Waals surface area contributed by atoms with Gasteiger partial charge in [0.2, 0.25) is 0 Å². The van der Waals surface area contributed by atoms with Crippen molar-refractivity contribution in [3.05, 3.63) is 77.9 Å². The number of phenols is 1. The Morgan fingerprint density at radius 3 is 2.41 bits per heavy atom. The van der Waals surface area contributed by atoms with Crippen molar-refractivity contribution < 1.29 is 14.7 Å². The number of nitrogens with zero attached hydrogens (tertiary/aromatic N) is 3. The summed E-state index contributed by atoms with van der Waals surface area (Å²) >= 11 is 0. The third kappa shape index (κ3) is 5.24. The van der Waals surface area contributed by atoms with Gasteiger partial charge in [-0.15, -0.1) is 6.58 Å². The average Bonchev–Trinajstić information content (AvgIpc) is 2.83. The molecule has 6 nitrogen and oxygen atoms in total. The van der Waals surface area contributed by atoms with E-state index < -0.39 is 0 Å². The van der Waals surface area contributed by atoms with E-state index in [1.165, 1.54) is 0 Å². The van der Waals surface area contributed by atoms with Gasteiger partial charge in [0.05, 0.1) is 6.04 Å². The molecule has 2 heterocycles. The summed E-state index contributed by atoms with van der Waals surface area (Å²) in [5.74, 6) is 0.431. The van der Waals surface area contributed by atoms with Crippen LogP contribution in [0.15, 0.2) is 61.2 Å². The van der Waals surface area contributed by atoms with Crippen LogP contribution in [0, 0.1) is 0 Å². The van der Waals surface area contributed by atoms with Crippen molar-refractivity contribution in [1.29, 1.82) is 0 Å². The van der Waals surface area contributed by atoms with Gasteiger partial charge < -0.3 is 10.0 Å². The van der Waals surface area contributed by atoms with E-state index >= 15 is 0 Å². The minimum atomic E-state index is -0.0916. The molecule has 2 fully saturated rings.